The first kappa shape index (κ1) is 11.8. The number of hydrogen-bond donors (Lipinski definition) is 0. The van der Waals surface area contributed by atoms with E-state index in [1.807, 2.05) is 19.1 Å². The van der Waals surface area contributed by atoms with Crippen LogP contribution >= 0.6 is 34.8 Å². The zero-order valence-electron chi connectivity index (χ0n) is 7.51. The van der Waals surface area contributed by atoms with Crippen molar-refractivity contribution in [3.63, 3.8) is 0 Å². The summed E-state index contributed by atoms with van der Waals surface area (Å²) in [5, 5.41) is 0. The summed E-state index contributed by atoms with van der Waals surface area (Å²) in [5.74, 6) is -0.715. The van der Waals surface area contributed by atoms with Crippen molar-refractivity contribution in [1.82, 2.24) is 0 Å². The fourth-order valence-electron chi connectivity index (χ4n) is 1.12. The number of alkyl halides is 3. The molecule has 0 radical (unpaired) electrons. The summed E-state index contributed by atoms with van der Waals surface area (Å²) in [7, 11) is 0. The average Bonchev–Trinajstić information content (AvgIpc) is 2.07. The van der Waals surface area contributed by atoms with E-state index in [1.165, 1.54) is 0 Å². The maximum atomic E-state index is 10.8. The number of benzene rings is 1. The van der Waals surface area contributed by atoms with Gasteiger partial charge in [0.25, 0.3) is 0 Å². The average molecular weight is 252 g/mol. The molecule has 0 bridgehead atoms. The highest BCUT2D eigenvalue weighted by molar-refractivity contribution is 6.68. The van der Waals surface area contributed by atoms with Crippen LogP contribution in [0.4, 0.5) is 0 Å². The Balaban J connectivity index is 3.02. The summed E-state index contributed by atoms with van der Waals surface area (Å²) in [6.07, 6.45) is 0.650. The molecule has 1 atom stereocenters. The number of carbonyl (C=O) groups excluding carboxylic acids is 1. The predicted octanol–water partition coefficient (Wildman–Crippen LogP) is 3.65. The predicted molar refractivity (Wildman–Crippen MR) is 60.3 cm³/mol. The third-order valence-corrected chi connectivity index (χ3v) is 2.63. The van der Waals surface area contributed by atoms with Crippen LogP contribution in [0.3, 0.4) is 0 Å². The standard InChI is InChI=1S/C10H9Cl3O/c1-7-2-4-8(5-3-7)9(6-14)10(11,12)13/h2-6,9H,1H3. The Morgan fingerprint density at radius 2 is 1.71 bits per heavy atom. The fourth-order valence-corrected chi connectivity index (χ4v) is 1.65. The molecule has 0 saturated heterocycles. The van der Waals surface area contributed by atoms with Crippen molar-refractivity contribution in [2.75, 3.05) is 0 Å². The summed E-state index contributed by atoms with van der Waals surface area (Å²) in [5.41, 5.74) is 1.81. The highest BCUT2D eigenvalue weighted by Gasteiger charge is 2.33. The lowest BCUT2D eigenvalue weighted by atomic mass is 10.0. The molecule has 0 N–H and O–H groups in total. The van der Waals surface area contributed by atoms with Gasteiger partial charge in [0.2, 0.25) is 3.79 Å². The zero-order valence-corrected chi connectivity index (χ0v) is 9.77. The number of carbonyl (C=O) groups is 1. The Morgan fingerprint density at radius 1 is 1.21 bits per heavy atom. The van der Waals surface area contributed by atoms with Crippen LogP contribution in [0.25, 0.3) is 0 Å². The van der Waals surface area contributed by atoms with E-state index < -0.39 is 9.71 Å². The van der Waals surface area contributed by atoms with Gasteiger partial charge in [-0.25, -0.2) is 0 Å². The highest BCUT2D eigenvalue weighted by Crippen LogP contribution is 2.40. The van der Waals surface area contributed by atoms with E-state index >= 15 is 0 Å². The molecule has 14 heavy (non-hydrogen) atoms. The van der Waals surface area contributed by atoms with Crippen LogP contribution in [0.1, 0.15) is 17.0 Å². The van der Waals surface area contributed by atoms with E-state index in [0.29, 0.717) is 11.8 Å². The number of hydrogen-bond acceptors (Lipinski definition) is 1. The second-order valence-corrected chi connectivity index (χ2v) is 5.43. The van der Waals surface area contributed by atoms with Crippen molar-refractivity contribution in [3.8, 4) is 0 Å². The topological polar surface area (TPSA) is 17.1 Å². The van der Waals surface area contributed by atoms with Gasteiger partial charge >= 0.3 is 0 Å². The van der Waals surface area contributed by atoms with Gasteiger partial charge in [0, 0.05) is 0 Å². The Hall–Kier alpha value is -0.240. The van der Waals surface area contributed by atoms with Gasteiger partial charge in [0.05, 0.1) is 5.92 Å². The summed E-state index contributed by atoms with van der Waals surface area (Å²) in [6, 6.07) is 7.33. The molecular weight excluding hydrogens is 242 g/mol. The molecular formula is C10H9Cl3O. The van der Waals surface area contributed by atoms with Gasteiger partial charge in [-0.2, -0.15) is 0 Å². The lowest BCUT2D eigenvalue weighted by Gasteiger charge is -2.19. The normalized spacial score (nSPS) is 13.7. The molecule has 0 aliphatic carbocycles. The highest BCUT2D eigenvalue weighted by atomic mass is 35.6. The molecule has 0 saturated carbocycles. The Morgan fingerprint density at radius 3 is 2.07 bits per heavy atom. The van der Waals surface area contributed by atoms with E-state index in [0.717, 1.165) is 5.56 Å². The van der Waals surface area contributed by atoms with Gasteiger partial charge in [0.15, 0.2) is 0 Å². The molecule has 0 fully saturated rings. The minimum atomic E-state index is -1.59. The van der Waals surface area contributed by atoms with Gasteiger partial charge in [-0.1, -0.05) is 64.6 Å². The number of aldehydes is 1. The van der Waals surface area contributed by atoms with Crippen molar-refractivity contribution in [2.24, 2.45) is 0 Å². The molecule has 1 nitrogen and oxygen atoms in total. The van der Waals surface area contributed by atoms with Crippen LogP contribution in [-0.4, -0.2) is 10.1 Å². The van der Waals surface area contributed by atoms with E-state index in [4.69, 9.17) is 34.8 Å². The maximum absolute atomic E-state index is 10.8. The van der Waals surface area contributed by atoms with E-state index in [-0.39, 0.29) is 0 Å². The van der Waals surface area contributed by atoms with Gasteiger partial charge in [0.1, 0.15) is 6.29 Å². The molecule has 0 amide bonds. The Kier molecular flexibility index (Phi) is 3.82. The van der Waals surface area contributed by atoms with Crippen LogP contribution in [0.2, 0.25) is 0 Å². The van der Waals surface area contributed by atoms with Crippen molar-refractivity contribution in [3.05, 3.63) is 35.4 Å². The van der Waals surface area contributed by atoms with Gasteiger partial charge in [-0.3, -0.25) is 0 Å². The molecule has 1 rings (SSSR count). The molecule has 0 aromatic heterocycles. The molecule has 76 valence electrons. The summed E-state index contributed by atoms with van der Waals surface area (Å²) >= 11 is 17.0. The maximum Gasteiger partial charge on any atom is 0.203 e. The number of aryl methyl sites for hydroxylation is 1. The summed E-state index contributed by atoms with van der Waals surface area (Å²) < 4.78 is -1.59. The van der Waals surface area contributed by atoms with E-state index in [1.54, 1.807) is 12.1 Å². The summed E-state index contributed by atoms with van der Waals surface area (Å²) in [4.78, 5) is 10.8. The molecule has 1 aromatic carbocycles. The quantitative estimate of drug-likeness (QED) is 0.579. The molecule has 1 unspecified atom stereocenters. The second kappa shape index (κ2) is 4.52. The van der Waals surface area contributed by atoms with E-state index in [2.05, 4.69) is 0 Å². The SMILES string of the molecule is Cc1ccc(C(C=O)C(Cl)(Cl)Cl)cc1. The first-order chi connectivity index (χ1) is 6.45. The Bertz CT molecular complexity index is 313. The Labute approximate surface area is 98.0 Å². The third-order valence-electron chi connectivity index (χ3n) is 1.93. The van der Waals surface area contributed by atoms with Crippen LogP contribution in [0, 0.1) is 6.92 Å². The van der Waals surface area contributed by atoms with Crippen molar-refractivity contribution >= 4 is 41.1 Å². The first-order valence-electron chi connectivity index (χ1n) is 4.03. The minimum absolute atomic E-state index is 0.650. The number of rotatable bonds is 2. The van der Waals surface area contributed by atoms with Crippen molar-refractivity contribution in [2.45, 2.75) is 16.6 Å². The first-order valence-corrected chi connectivity index (χ1v) is 5.17. The summed E-state index contributed by atoms with van der Waals surface area (Å²) in [6.45, 7) is 1.95. The molecule has 0 aliphatic rings. The molecule has 0 heterocycles. The van der Waals surface area contributed by atoms with Crippen LogP contribution in [0.15, 0.2) is 24.3 Å². The fraction of sp³-hybridized carbons (Fsp3) is 0.300. The monoisotopic (exact) mass is 250 g/mol. The van der Waals surface area contributed by atoms with Crippen LogP contribution in [0.5, 0.6) is 0 Å². The lowest BCUT2D eigenvalue weighted by molar-refractivity contribution is -0.109. The van der Waals surface area contributed by atoms with Crippen LogP contribution < -0.4 is 0 Å². The largest absolute Gasteiger partial charge is 0.303 e. The zero-order chi connectivity index (χ0) is 10.8. The van der Waals surface area contributed by atoms with Crippen molar-refractivity contribution in [1.29, 1.82) is 0 Å². The number of halogens is 3. The lowest BCUT2D eigenvalue weighted by Crippen LogP contribution is -2.18. The smallest absolute Gasteiger partial charge is 0.203 e. The molecule has 0 spiro atoms. The minimum Gasteiger partial charge on any atom is -0.303 e. The van der Waals surface area contributed by atoms with Crippen LogP contribution in [-0.2, 0) is 4.79 Å². The molecule has 0 aliphatic heterocycles. The third kappa shape index (κ3) is 2.88. The molecule has 1 aromatic rings. The van der Waals surface area contributed by atoms with Crippen molar-refractivity contribution < 1.29 is 4.79 Å². The van der Waals surface area contributed by atoms with Gasteiger partial charge < -0.3 is 4.79 Å². The van der Waals surface area contributed by atoms with E-state index in [9.17, 15) is 4.79 Å². The molecule has 4 heteroatoms. The van der Waals surface area contributed by atoms with Gasteiger partial charge in [-0.05, 0) is 12.5 Å². The van der Waals surface area contributed by atoms with Gasteiger partial charge in [-0.15, -0.1) is 0 Å². The second-order valence-electron chi connectivity index (χ2n) is 3.07.